The number of hydrogen-bond donors (Lipinski definition) is 0. The van der Waals surface area contributed by atoms with Crippen LogP contribution in [0.1, 0.15) is 11.3 Å². The van der Waals surface area contributed by atoms with Crippen LogP contribution in [0.3, 0.4) is 0 Å². The van der Waals surface area contributed by atoms with Crippen molar-refractivity contribution < 1.29 is 4.42 Å². The summed E-state index contributed by atoms with van der Waals surface area (Å²) in [6.45, 7) is 1.88. The van der Waals surface area contributed by atoms with Gasteiger partial charge in [-0.3, -0.25) is 9.97 Å². The molecule has 0 spiro atoms. The second kappa shape index (κ2) is 3.97. The highest BCUT2D eigenvalue weighted by Gasteiger charge is 2.09. The van der Waals surface area contributed by atoms with E-state index in [0.29, 0.717) is 5.56 Å². The number of rotatable bonds is 1. The first-order chi connectivity index (χ1) is 8.78. The predicted octanol–water partition coefficient (Wildman–Crippen LogP) is 3.07. The van der Waals surface area contributed by atoms with Gasteiger partial charge in [-0.1, -0.05) is 0 Å². The van der Waals surface area contributed by atoms with Gasteiger partial charge in [-0.2, -0.15) is 5.26 Å². The van der Waals surface area contributed by atoms with E-state index in [1.807, 2.05) is 19.1 Å². The first kappa shape index (κ1) is 10.5. The third kappa shape index (κ3) is 1.62. The van der Waals surface area contributed by atoms with Gasteiger partial charge in [0.25, 0.3) is 0 Å². The number of fused-ring (bicyclic) bond motifs is 1. The van der Waals surface area contributed by atoms with Crippen LogP contribution in [0, 0.1) is 18.3 Å². The Kier molecular flexibility index (Phi) is 2.31. The van der Waals surface area contributed by atoms with E-state index in [2.05, 4.69) is 16.0 Å². The molecule has 0 atom stereocenters. The Morgan fingerprint density at radius 3 is 3.00 bits per heavy atom. The van der Waals surface area contributed by atoms with Gasteiger partial charge in [-0.25, -0.2) is 0 Å². The lowest BCUT2D eigenvalue weighted by molar-refractivity contribution is 0.579. The molecule has 4 heteroatoms. The fraction of sp³-hybridized carbons (Fsp3) is 0.0714. The molecule has 0 fully saturated rings. The number of nitriles is 1. The molecule has 3 aromatic heterocycles. The molecule has 86 valence electrons. The van der Waals surface area contributed by atoms with Crippen molar-refractivity contribution in [1.29, 1.82) is 5.26 Å². The monoisotopic (exact) mass is 235 g/mol. The zero-order chi connectivity index (χ0) is 12.5. The van der Waals surface area contributed by atoms with Crippen molar-refractivity contribution in [2.24, 2.45) is 0 Å². The maximum atomic E-state index is 8.90. The summed E-state index contributed by atoms with van der Waals surface area (Å²) in [7, 11) is 0. The zero-order valence-electron chi connectivity index (χ0n) is 9.71. The van der Waals surface area contributed by atoms with Crippen LogP contribution in [0.2, 0.25) is 0 Å². The molecular formula is C14H9N3O. The normalized spacial score (nSPS) is 10.4. The minimum absolute atomic E-state index is 0.528. The number of aromatic nitrogens is 2. The van der Waals surface area contributed by atoms with Crippen LogP contribution < -0.4 is 0 Å². The van der Waals surface area contributed by atoms with Crippen molar-refractivity contribution in [3.8, 4) is 17.2 Å². The Balaban J connectivity index is 2.28. The summed E-state index contributed by atoms with van der Waals surface area (Å²) >= 11 is 0. The van der Waals surface area contributed by atoms with Crippen LogP contribution in [0.4, 0.5) is 0 Å². The number of aryl methyl sites for hydroxylation is 1. The first-order valence-corrected chi connectivity index (χ1v) is 5.48. The Bertz CT molecular complexity index is 768. The van der Waals surface area contributed by atoms with Crippen molar-refractivity contribution in [2.75, 3.05) is 0 Å². The van der Waals surface area contributed by atoms with Crippen LogP contribution >= 0.6 is 0 Å². The molecule has 0 aliphatic carbocycles. The zero-order valence-corrected chi connectivity index (χ0v) is 9.71. The lowest BCUT2D eigenvalue weighted by Gasteiger charge is -2.01. The van der Waals surface area contributed by atoms with E-state index in [-0.39, 0.29) is 0 Å². The van der Waals surface area contributed by atoms with Crippen LogP contribution in [0.5, 0.6) is 0 Å². The smallest absolute Gasteiger partial charge is 0.160 e. The molecule has 0 bridgehead atoms. The second-order valence-corrected chi connectivity index (χ2v) is 4.00. The molecule has 0 saturated carbocycles. The standard InChI is InChI=1S/C14H9N3O/c1-9-4-13-14(18-9)12(2-3-17-13)11-5-10(6-15)7-16-8-11/h2-5,7-8H,1H3. The number of hydrogen-bond acceptors (Lipinski definition) is 4. The summed E-state index contributed by atoms with van der Waals surface area (Å²) in [4.78, 5) is 8.31. The van der Waals surface area contributed by atoms with Crippen molar-refractivity contribution in [2.45, 2.75) is 6.92 Å². The molecule has 0 amide bonds. The molecule has 3 aromatic rings. The van der Waals surface area contributed by atoms with Crippen molar-refractivity contribution in [3.05, 3.63) is 48.1 Å². The van der Waals surface area contributed by atoms with Crippen molar-refractivity contribution in [1.82, 2.24) is 9.97 Å². The van der Waals surface area contributed by atoms with Crippen LogP contribution in [-0.4, -0.2) is 9.97 Å². The number of pyridine rings is 2. The van der Waals surface area contributed by atoms with Gasteiger partial charge in [0.1, 0.15) is 17.3 Å². The van der Waals surface area contributed by atoms with Gasteiger partial charge in [0.2, 0.25) is 0 Å². The fourth-order valence-corrected chi connectivity index (χ4v) is 1.93. The van der Waals surface area contributed by atoms with Gasteiger partial charge >= 0.3 is 0 Å². The summed E-state index contributed by atoms with van der Waals surface area (Å²) in [6.07, 6.45) is 4.98. The summed E-state index contributed by atoms with van der Waals surface area (Å²) in [5, 5.41) is 8.90. The maximum absolute atomic E-state index is 8.90. The van der Waals surface area contributed by atoms with E-state index >= 15 is 0 Å². The third-order valence-corrected chi connectivity index (χ3v) is 2.71. The molecule has 0 N–H and O–H groups in total. The van der Waals surface area contributed by atoms with Crippen molar-refractivity contribution in [3.63, 3.8) is 0 Å². The average Bonchev–Trinajstić information content (AvgIpc) is 2.78. The van der Waals surface area contributed by atoms with Gasteiger partial charge in [0, 0.05) is 35.8 Å². The highest BCUT2D eigenvalue weighted by molar-refractivity contribution is 5.90. The van der Waals surface area contributed by atoms with Crippen LogP contribution in [0.15, 0.2) is 41.2 Å². The van der Waals surface area contributed by atoms with Gasteiger partial charge in [0.15, 0.2) is 5.58 Å². The molecular weight excluding hydrogens is 226 g/mol. The lowest BCUT2D eigenvalue weighted by atomic mass is 10.1. The molecule has 0 aliphatic heterocycles. The Hall–Kier alpha value is -2.67. The lowest BCUT2D eigenvalue weighted by Crippen LogP contribution is -1.84. The van der Waals surface area contributed by atoms with E-state index in [1.54, 1.807) is 18.5 Å². The summed E-state index contributed by atoms with van der Waals surface area (Å²) < 4.78 is 5.65. The van der Waals surface area contributed by atoms with Crippen LogP contribution in [-0.2, 0) is 0 Å². The molecule has 3 rings (SSSR count). The predicted molar refractivity (Wildman–Crippen MR) is 66.7 cm³/mol. The third-order valence-electron chi connectivity index (χ3n) is 2.71. The SMILES string of the molecule is Cc1cc2nccc(-c3cncc(C#N)c3)c2o1. The Labute approximate surface area is 104 Å². The van der Waals surface area contributed by atoms with Gasteiger partial charge < -0.3 is 4.42 Å². The van der Waals surface area contributed by atoms with E-state index in [1.165, 1.54) is 6.20 Å². The summed E-state index contributed by atoms with van der Waals surface area (Å²) in [5.41, 5.74) is 3.83. The number of furan rings is 1. The van der Waals surface area contributed by atoms with Gasteiger partial charge in [-0.15, -0.1) is 0 Å². The molecule has 3 heterocycles. The minimum atomic E-state index is 0.528. The molecule has 0 radical (unpaired) electrons. The van der Waals surface area contributed by atoms with E-state index < -0.39 is 0 Å². The molecule has 18 heavy (non-hydrogen) atoms. The van der Waals surface area contributed by atoms with Crippen LogP contribution in [0.25, 0.3) is 22.2 Å². The number of nitrogens with zero attached hydrogens (tertiary/aromatic N) is 3. The first-order valence-electron chi connectivity index (χ1n) is 5.48. The Morgan fingerprint density at radius 2 is 2.17 bits per heavy atom. The van der Waals surface area contributed by atoms with Gasteiger partial charge in [0.05, 0.1) is 5.56 Å². The highest BCUT2D eigenvalue weighted by atomic mass is 16.3. The largest absolute Gasteiger partial charge is 0.459 e. The Morgan fingerprint density at radius 1 is 1.28 bits per heavy atom. The maximum Gasteiger partial charge on any atom is 0.160 e. The summed E-state index contributed by atoms with van der Waals surface area (Å²) in [5.74, 6) is 0.814. The highest BCUT2D eigenvalue weighted by Crippen LogP contribution is 2.29. The van der Waals surface area contributed by atoms with Crippen molar-refractivity contribution >= 4 is 11.1 Å². The fourth-order valence-electron chi connectivity index (χ4n) is 1.93. The quantitative estimate of drug-likeness (QED) is 0.650. The van der Waals surface area contributed by atoms with E-state index in [0.717, 1.165) is 28.0 Å². The second-order valence-electron chi connectivity index (χ2n) is 4.00. The average molecular weight is 235 g/mol. The molecule has 0 unspecified atom stereocenters. The topological polar surface area (TPSA) is 62.7 Å². The van der Waals surface area contributed by atoms with E-state index in [9.17, 15) is 0 Å². The minimum Gasteiger partial charge on any atom is -0.459 e. The summed E-state index contributed by atoms with van der Waals surface area (Å²) in [6, 6.07) is 7.63. The molecule has 4 nitrogen and oxygen atoms in total. The van der Waals surface area contributed by atoms with E-state index in [4.69, 9.17) is 9.68 Å². The molecule has 0 aliphatic rings. The molecule has 0 saturated heterocycles. The molecule has 0 aromatic carbocycles. The van der Waals surface area contributed by atoms with Gasteiger partial charge in [-0.05, 0) is 19.1 Å².